The highest BCUT2D eigenvalue weighted by Gasteiger charge is 2.16. The Bertz CT molecular complexity index is 288. The van der Waals surface area contributed by atoms with E-state index in [4.69, 9.17) is 0 Å². The van der Waals surface area contributed by atoms with Crippen LogP contribution in [0.2, 0.25) is 0 Å². The zero-order chi connectivity index (χ0) is 15.5. The van der Waals surface area contributed by atoms with Crippen molar-refractivity contribution < 1.29 is 0 Å². The van der Waals surface area contributed by atoms with E-state index in [0.29, 0.717) is 10.8 Å². The molecule has 0 heterocycles. The third-order valence-electron chi connectivity index (χ3n) is 3.50. The molecule has 1 aromatic rings. The normalized spacial score (nSPS) is 9.32. The van der Waals surface area contributed by atoms with Crippen molar-refractivity contribution in [3.8, 4) is 0 Å². The molecule has 0 spiro atoms. The van der Waals surface area contributed by atoms with Gasteiger partial charge in [-0.1, -0.05) is 121 Å². The minimum atomic E-state index is 0. The second-order valence-electron chi connectivity index (χ2n) is 6.52. The number of benzene rings is 1. The molecule has 0 aliphatic carbocycles. The van der Waals surface area contributed by atoms with Gasteiger partial charge < -0.3 is 0 Å². The molecule has 0 N–H and O–H groups in total. The van der Waals surface area contributed by atoms with Crippen LogP contribution >= 0.6 is 0 Å². The summed E-state index contributed by atoms with van der Waals surface area (Å²) in [7, 11) is 0. The maximum Gasteiger partial charge on any atom is -0.0106 e. The zero-order valence-electron chi connectivity index (χ0n) is 14.8. The third kappa shape index (κ3) is 17.3. The molecule has 0 amide bonds. The monoisotopic (exact) mass is 312 g/mol. The highest BCUT2D eigenvalue weighted by Crippen LogP contribution is 2.25. The highest BCUT2D eigenvalue weighted by molar-refractivity contribution is 5.22. The van der Waals surface area contributed by atoms with E-state index in [0.717, 1.165) is 0 Å². The van der Waals surface area contributed by atoms with Gasteiger partial charge in [0.25, 0.3) is 0 Å². The predicted molar refractivity (Wildman–Crippen MR) is 111 cm³/mol. The van der Waals surface area contributed by atoms with Crippen molar-refractivity contribution in [1.82, 2.24) is 0 Å². The molecule has 0 saturated carbocycles. The molecule has 0 fully saturated rings. The SMILES string of the molecule is C.C.C.CC.CCC(C)(C)C.CCC(C)(C)c1ccccc1. The smallest absolute Gasteiger partial charge is 0.0106 e. The van der Waals surface area contributed by atoms with Crippen LogP contribution in [0.4, 0.5) is 0 Å². The van der Waals surface area contributed by atoms with Crippen LogP contribution in [-0.2, 0) is 5.41 Å². The fourth-order valence-electron chi connectivity index (χ4n) is 1.09. The molecule has 136 valence electrons. The molecule has 0 bridgehead atoms. The van der Waals surface area contributed by atoms with Gasteiger partial charge in [-0.15, -0.1) is 0 Å². The molecule has 0 nitrogen and oxygen atoms in total. The first-order valence-corrected chi connectivity index (χ1v) is 7.78. The van der Waals surface area contributed by atoms with Crippen LogP contribution in [0.25, 0.3) is 0 Å². The summed E-state index contributed by atoms with van der Waals surface area (Å²) >= 11 is 0. The fourth-order valence-corrected chi connectivity index (χ4v) is 1.09. The van der Waals surface area contributed by atoms with Gasteiger partial charge in [0.2, 0.25) is 0 Å². The molecule has 0 atom stereocenters. The molecule has 0 aliphatic heterocycles. The summed E-state index contributed by atoms with van der Waals surface area (Å²) in [6.45, 7) is 19.7. The maximum atomic E-state index is 2.28. The lowest BCUT2D eigenvalue weighted by Crippen LogP contribution is -2.14. The van der Waals surface area contributed by atoms with Gasteiger partial charge in [-0.2, -0.15) is 0 Å². The van der Waals surface area contributed by atoms with Crippen LogP contribution in [0, 0.1) is 5.41 Å². The Labute approximate surface area is 144 Å². The highest BCUT2D eigenvalue weighted by atomic mass is 14.2. The van der Waals surface area contributed by atoms with Crippen LogP contribution in [0.15, 0.2) is 30.3 Å². The molecule has 1 rings (SSSR count). The summed E-state index contributed by atoms with van der Waals surface area (Å²) in [5.41, 5.74) is 2.31. The van der Waals surface area contributed by atoms with E-state index in [1.165, 1.54) is 18.4 Å². The van der Waals surface area contributed by atoms with Gasteiger partial charge in [-0.3, -0.25) is 0 Å². The van der Waals surface area contributed by atoms with Crippen molar-refractivity contribution in [2.75, 3.05) is 0 Å². The molecule has 0 aromatic heterocycles. The summed E-state index contributed by atoms with van der Waals surface area (Å²) in [4.78, 5) is 0. The lowest BCUT2D eigenvalue weighted by atomic mass is 9.82. The Morgan fingerprint density at radius 3 is 1.23 bits per heavy atom. The van der Waals surface area contributed by atoms with Crippen molar-refractivity contribution in [2.24, 2.45) is 5.41 Å². The lowest BCUT2D eigenvalue weighted by Gasteiger charge is -2.22. The van der Waals surface area contributed by atoms with Crippen LogP contribution in [0.1, 0.15) is 103 Å². The Balaban J connectivity index is -0.0000000772. The third-order valence-corrected chi connectivity index (χ3v) is 3.50. The van der Waals surface area contributed by atoms with E-state index < -0.39 is 0 Å². The summed E-state index contributed by atoms with van der Waals surface area (Å²) in [5, 5.41) is 0. The molecule has 0 saturated heterocycles. The molecule has 0 unspecified atom stereocenters. The van der Waals surface area contributed by atoms with Crippen LogP contribution in [0.5, 0.6) is 0 Å². The Hall–Kier alpha value is -0.780. The predicted octanol–water partition coefficient (Wildman–Crippen LogP) is 8.75. The van der Waals surface area contributed by atoms with Gasteiger partial charge in [0.15, 0.2) is 0 Å². The van der Waals surface area contributed by atoms with Gasteiger partial charge in [0.05, 0.1) is 0 Å². The zero-order valence-corrected chi connectivity index (χ0v) is 14.8. The molecule has 1 aromatic carbocycles. The van der Waals surface area contributed by atoms with Gasteiger partial charge in [-0.05, 0) is 22.8 Å². The van der Waals surface area contributed by atoms with E-state index in [-0.39, 0.29) is 22.3 Å². The minimum Gasteiger partial charge on any atom is -0.0776 e. The van der Waals surface area contributed by atoms with E-state index in [1.807, 2.05) is 13.8 Å². The van der Waals surface area contributed by atoms with Gasteiger partial charge in [-0.25, -0.2) is 0 Å². The van der Waals surface area contributed by atoms with Crippen molar-refractivity contribution in [2.45, 2.75) is 103 Å². The summed E-state index contributed by atoms with van der Waals surface area (Å²) in [6, 6.07) is 10.7. The van der Waals surface area contributed by atoms with Crippen LogP contribution < -0.4 is 0 Å². The molecule has 22 heavy (non-hydrogen) atoms. The van der Waals surface area contributed by atoms with E-state index in [2.05, 4.69) is 78.8 Å². The summed E-state index contributed by atoms with van der Waals surface area (Å²) < 4.78 is 0. The maximum absolute atomic E-state index is 2.28. The average Bonchev–Trinajstić information content (AvgIpc) is 2.42. The second-order valence-corrected chi connectivity index (χ2v) is 6.52. The van der Waals surface area contributed by atoms with Crippen molar-refractivity contribution in [3.05, 3.63) is 35.9 Å². The number of hydrogen-bond acceptors (Lipinski definition) is 0. The Kier molecular flexibility index (Phi) is 24.9. The minimum absolute atomic E-state index is 0. The first-order chi connectivity index (χ1) is 8.73. The number of hydrogen-bond donors (Lipinski definition) is 0. The Morgan fingerprint density at radius 2 is 1.00 bits per heavy atom. The first kappa shape index (κ1) is 33.0. The first-order valence-electron chi connectivity index (χ1n) is 7.78. The Morgan fingerprint density at radius 1 is 0.682 bits per heavy atom. The molecule has 0 radical (unpaired) electrons. The molecule has 0 heteroatoms. The fraction of sp³-hybridized carbons (Fsp3) is 0.727. The van der Waals surface area contributed by atoms with Crippen molar-refractivity contribution in [1.29, 1.82) is 0 Å². The standard InChI is InChI=1S/C11H16.C6H14.C2H6.3CH4/c1-4-11(2,3)10-8-6-5-7-9-10;1-5-6(2,3)4;1-2;;;/h5-9H,4H2,1-3H3;5H2,1-4H3;1-2H3;3*1H4. The average molecular weight is 313 g/mol. The molecular weight excluding hydrogens is 264 g/mol. The second kappa shape index (κ2) is 16.6. The van der Waals surface area contributed by atoms with Crippen LogP contribution in [-0.4, -0.2) is 0 Å². The van der Waals surface area contributed by atoms with Crippen molar-refractivity contribution in [3.63, 3.8) is 0 Å². The molecule has 0 aliphatic rings. The topological polar surface area (TPSA) is 0 Å². The van der Waals surface area contributed by atoms with E-state index in [1.54, 1.807) is 0 Å². The van der Waals surface area contributed by atoms with E-state index >= 15 is 0 Å². The van der Waals surface area contributed by atoms with Crippen molar-refractivity contribution >= 4 is 0 Å². The van der Waals surface area contributed by atoms with Gasteiger partial charge in [0.1, 0.15) is 0 Å². The number of rotatable bonds is 2. The van der Waals surface area contributed by atoms with E-state index in [9.17, 15) is 0 Å². The lowest BCUT2D eigenvalue weighted by molar-refractivity contribution is 0.398. The van der Waals surface area contributed by atoms with Gasteiger partial charge >= 0.3 is 0 Å². The summed E-state index contributed by atoms with van der Waals surface area (Å²) in [6.07, 6.45) is 2.46. The van der Waals surface area contributed by atoms with Crippen LogP contribution in [0.3, 0.4) is 0 Å². The largest absolute Gasteiger partial charge is 0.0776 e. The quantitative estimate of drug-likeness (QED) is 0.512. The molecular formula is C22H48. The summed E-state index contributed by atoms with van der Waals surface area (Å²) in [5.74, 6) is 0. The van der Waals surface area contributed by atoms with Gasteiger partial charge in [0, 0.05) is 0 Å².